The number of halogens is 3. The van der Waals surface area contributed by atoms with Gasteiger partial charge >= 0.3 is 0 Å². The summed E-state index contributed by atoms with van der Waals surface area (Å²) in [7, 11) is 0. The average Bonchev–Trinajstić information content (AvgIpc) is 2.44. The van der Waals surface area contributed by atoms with Gasteiger partial charge < -0.3 is 11.1 Å². The summed E-state index contributed by atoms with van der Waals surface area (Å²) in [6, 6.07) is 7.97. The molecule has 2 aromatic carbocycles. The fourth-order valence-electron chi connectivity index (χ4n) is 1.63. The molecule has 0 saturated carbocycles. The molecule has 0 aliphatic heterocycles. The molecule has 0 unspecified atom stereocenters. The molecule has 2 aromatic rings. The maximum atomic E-state index is 13.2. The van der Waals surface area contributed by atoms with Crippen LogP contribution >= 0.6 is 15.9 Å². The largest absolute Gasteiger partial charge is 0.398 e. The molecule has 7 heteroatoms. The molecule has 3 N–H and O–H groups in total. The van der Waals surface area contributed by atoms with Crippen LogP contribution in [0.25, 0.3) is 0 Å². The molecule has 0 aliphatic carbocycles. The Morgan fingerprint density at radius 3 is 2.52 bits per heavy atom. The lowest BCUT2D eigenvalue weighted by Gasteiger charge is -2.10. The predicted molar refractivity (Wildman–Crippen MR) is 77.6 cm³/mol. The third-order valence-corrected chi connectivity index (χ3v) is 3.34. The number of hydrogen-bond acceptors (Lipinski definition) is 3. The van der Waals surface area contributed by atoms with Gasteiger partial charge in [0.15, 0.2) is 11.6 Å². The van der Waals surface area contributed by atoms with Crippen LogP contribution in [0.5, 0.6) is 0 Å². The van der Waals surface area contributed by atoms with Crippen molar-refractivity contribution in [1.29, 1.82) is 5.26 Å². The van der Waals surface area contributed by atoms with Crippen molar-refractivity contribution in [2.24, 2.45) is 0 Å². The number of hydrogen-bond donors (Lipinski definition) is 2. The van der Waals surface area contributed by atoms with E-state index in [1.807, 2.05) is 6.07 Å². The Bertz CT molecular complexity index is 772. The van der Waals surface area contributed by atoms with Gasteiger partial charge in [0.05, 0.1) is 22.9 Å². The molecule has 0 fully saturated rings. The zero-order valence-electron chi connectivity index (χ0n) is 10.5. The minimum Gasteiger partial charge on any atom is -0.398 e. The van der Waals surface area contributed by atoms with Crippen LogP contribution in [-0.4, -0.2) is 5.91 Å². The maximum absolute atomic E-state index is 13.2. The number of nitrogens with zero attached hydrogens (tertiary/aromatic N) is 1. The normalized spacial score (nSPS) is 10.0. The van der Waals surface area contributed by atoms with E-state index in [9.17, 15) is 13.6 Å². The van der Waals surface area contributed by atoms with Crippen molar-refractivity contribution in [1.82, 2.24) is 0 Å². The highest BCUT2D eigenvalue weighted by Crippen LogP contribution is 2.25. The van der Waals surface area contributed by atoms with Crippen molar-refractivity contribution in [2.45, 2.75) is 0 Å². The number of carbonyl (C=O) groups is 1. The van der Waals surface area contributed by atoms with Crippen LogP contribution in [0.15, 0.2) is 34.8 Å². The quantitative estimate of drug-likeness (QED) is 0.813. The molecule has 0 heterocycles. The summed E-state index contributed by atoms with van der Waals surface area (Å²) in [4.78, 5) is 12.0. The predicted octanol–water partition coefficient (Wildman–Crippen LogP) is 3.43. The third kappa shape index (κ3) is 3.17. The Balaban J connectivity index is 2.31. The Hall–Kier alpha value is -2.46. The SMILES string of the molecule is N#Cc1ccc(NC(=O)c2cc(F)c(F)cc2N)c(Br)c1. The molecule has 0 spiro atoms. The molecule has 2 rings (SSSR count). The highest BCUT2D eigenvalue weighted by atomic mass is 79.9. The smallest absolute Gasteiger partial charge is 0.257 e. The maximum Gasteiger partial charge on any atom is 0.257 e. The number of nitriles is 1. The van der Waals surface area contributed by atoms with Crippen LogP contribution in [0.1, 0.15) is 15.9 Å². The Morgan fingerprint density at radius 1 is 1.24 bits per heavy atom. The summed E-state index contributed by atoms with van der Waals surface area (Å²) in [6.45, 7) is 0. The number of benzene rings is 2. The van der Waals surface area contributed by atoms with Crippen LogP contribution in [0.2, 0.25) is 0 Å². The van der Waals surface area contributed by atoms with Gasteiger partial charge in [-0.25, -0.2) is 8.78 Å². The molecule has 21 heavy (non-hydrogen) atoms. The first-order valence-corrected chi connectivity index (χ1v) is 6.47. The monoisotopic (exact) mass is 351 g/mol. The molecular formula is C14H8BrF2N3O. The van der Waals surface area contributed by atoms with E-state index >= 15 is 0 Å². The lowest BCUT2D eigenvalue weighted by Crippen LogP contribution is -2.15. The summed E-state index contributed by atoms with van der Waals surface area (Å²) in [5.74, 6) is -2.96. The number of anilines is 2. The van der Waals surface area contributed by atoms with Gasteiger partial charge in [-0.1, -0.05) is 0 Å². The number of rotatable bonds is 2. The number of carbonyl (C=O) groups excluding carboxylic acids is 1. The van der Waals surface area contributed by atoms with Gasteiger partial charge in [0, 0.05) is 16.2 Å². The topological polar surface area (TPSA) is 78.9 Å². The summed E-state index contributed by atoms with van der Waals surface area (Å²) in [5, 5.41) is 11.3. The molecular weight excluding hydrogens is 344 g/mol. The van der Waals surface area contributed by atoms with Gasteiger partial charge in [-0.15, -0.1) is 0 Å². The lowest BCUT2D eigenvalue weighted by atomic mass is 10.1. The van der Waals surface area contributed by atoms with Gasteiger partial charge in [-0.05, 0) is 40.2 Å². The molecule has 0 radical (unpaired) electrons. The minimum atomic E-state index is -1.16. The van der Waals surface area contributed by atoms with Crippen molar-refractivity contribution in [3.8, 4) is 6.07 Å². The molecule has 0 aliphatic rings. The first-order chi connectivity index (χ1) is 9.92. The van der Waals surface area contributed by atoms with Crippen LogP contribution < -0.4 is 11.1 Å². The van der Waals surface area contributed by atoms with E-state index < -0.39 is 17.5 Å². The van der Waals surface area contributed by atoms with Crippen molar-refractivity contribution in [3.05, 3.63) is 57.6 Å². The molecule has 0 bridgehead atoms. The van der Waals surface area contributed by atoms with Gasteiger partial charge in [-0.2, -0.15) is 5.26 Å². The van der Waals surface area contributed by atoms with Crippen LogP contribution in [0.3, 0.4) is 0 Å². The Morgan fingerprint density at radius 2 is 1.90 bits per heavy atom. The fourth-order valence-corrected chi connectivity index (χ4v) is 2.11. The van der Waals surface area contributed by atoms with Gasteiger partial charge in [-0.3, -0.25) is 4.79 Å². The molecule has 0 saturated heterocycles. The zero-order valence-corrected chi connectivity index (χ0v) is 12.0. The first-order valence-electron chi connectivity index (χ1n) is 5.68. The third-order valence-electron chi connectivity index (χ3n) is 2.68. The van der Waals surface area contributed by atoms with Crippen molar-refractivity contribution in [2.75, 3.05) is 11.1 Å². The summed E-state index contributed by atoms with van der Waals surface area (Å²) >= 11 is 3.20. The van der Waals surface area contributed by atoms with E-state index in [0.29, 0.717) is 15.7 Å². The van der Waals surface area contributed by atoms with Crippen LogP contribution in [0.4, 0.5) is 20.2 Å². The molecule has 0 aromatic heterocycles. The number of nitrogen functional groups attached to an aromatic ring is 1. The molecule has 4 nitrogen and oxygen atoms in total. The summed E-state index contributed by atoms with van der Waals surface area (Å²) in [5.41, 5.74) is 5.95. The minimum absolute atomic E-state index is 0.170. The van der Waals surface area contributed by atoms with Crippen molar-refractivity contribution < 1.29 is 13.6 Å². The second-order valence-corrected chi connectivity index (χ2v) is 4.97. The van der Waals surface area contributed by atoms with Crippen molar-refractivity contribution >= 4 is 33.2 Å². The van der Waals surface area contributed by atoms with E-state index in [4.69, 9.17) is 11.0 Å². The second-order valence-electron chi connectivity index (χ2n) is 4.11. The highest BCUT2D eigenvalue weighted by molar-refractivity contribution is 9.10. The van der Waals surface area contributed by atoms with Crippen molar-refractivity contribution in [3.63, 3.8) is 0 Å². The molecule has 0 atom stereocenters. The first kappa shape index (κ1) is 14.9. The molecule has 106 valence electrons. The zero-order chi connectivity index (χ0) is 15.6. The van der Waals surface area contributed by atoms with E-state index in [0.717, 1.165) is 12.1 Å². The van der Waals surface area contributed by atoms with E-state index in [-0.39, 0.29) is 11.3 Å². The van der Waals surface area contributed by atoms with Crippen LogP contribution in [-0.2, 0) is 0 Å². The highest BCUT2D eigenvalue weighted by Gasteiger charge is 2.15. The van der Waals surface area contributed by atoms with E-state index in [1.54, 1.807) is 0 Å². The second kappa shape index (κ2) is 5.89. The number of nitrogens with one attached hydrogen (secondary N) is 1. The van der Waals surface area contributed by atoms with Crippen LogP contribution in [0, 0.1) is 23.0 Å². The fraction of sp³-hybridized carbons (Fsp3) is 0. The van der Waals surface area contributed by atoms with E-state index in [2.05, 4.69) is 21.2 Å². The number of amides is 1. The average molecular weight is 352 g/mol. The lowest BCUT2D eigenvalue weighted by molar-refractivity contribution is 0.102. The van der Waals surface area contributed by atoms with Gasteiger partial charge in [0.25, 0.3) is 5.91 Å². The van der Waals surface area contributed by atoms with E-state index in [1.165, 1.54) is 18.2 Å². The summed E-state index contributed by atoms with van der Waals surface area (Å²) in [6.07, 6.45) is 0. The molecule has 1 amide bonds. The Kier molecular flexibility index (Phi) is 4.19. The van der Waals surface area contributed by atoms with Gasteiger partial charge in [0.2, 0.25) is 0 Å². The summed E-state index contributed by atoms with van der Waals surface area (Å²) < 4.78 is 26.6. The van der Waals surface area contributed by atoms with Gasteiger partial charge in [0.1, 0.15) is 0 Å². The number of nitrogens with two attached hydrogens (primary N) is 1. The standard InChI is InChI=1S/C14H8BrF2N3O/c15-9-3-7(6-18)1-2-13(9)20-14(21)8-4-10(16)11(17)5-12(8)19/h1-5H,19H2,(H,20,21). The Labute approximate surface area is 127 Å².